The number of fused-ring (bicyclic) bond motifs is 1. The minimum Gasteiger partial charge on any atom is -0.405 e. The van der Waals surface area contributed by atoms with E-state index in [-0.39, 0.29) is 55.3 Å². The number of aromatic amines is 1. The van der Waals surface area contributed by atoms with Crippen LogP contribution in [0.25, 0.3) is 10.9 Å². The first-order valence-electron chi connectivity index (χ1n) is 12.4. The summed E-state index contributed by atoms with van der Waals surface area (Å²) in [5.74, 6) is -0.906. The molecule has 0 aliphatic carbocycles. The third kappa shape index (κ3) is 6.49. The van der Waals surface area contributed by atoms with Gasteiger partial charge in [0, 0.05) is 29.7 Å². The van der Waals surface area contributed by atoms with Crippen molar-refractivity contribution in [3.8, 4) is 5.75 Å². The summed E-state index contributed by atoms with van der Waals surface area (Å²) in [5.41, 5.74) is -2.01. The lowest BCUT2D eigenvalue weighted by molar-refractivity contribution is -0.274. The van der Waals surface area contributed by atoms with Crippen molar-refractivity contribution in [2.75, 3.05) is 25.9 Å². The number of ether oxygens (including phenoxy) is 1. The average Bonchev–Trinajstić information content (AvgIpc) is 2.88. The maximum absolute atomic E-state index is 13.5. The Bertz CT molecular complexity index is 1660. The maximum atomic E-state index is 13.5. The molecule has 0 bridgehead atoms. The van der Waals surface area contributed by atoms with Crippen molar-refractivity contribution in [3.63, 3.8) is 0 Å². The molecule has 4 rings (SSSR count). The summed E-state index contributed by atoms with van der Waals surface area (Å²) < 4.78 is 70.4. The summed E-state index contributed by atoms with van der Waals surface area (Å²) in [6.45, 7) is 2.08. The predicted octanol–water partition coefficient (Wildman–Crippen LogP) is 3.92. The Labute approximate surface area is 237 Å². The highest BCUT2D eigenvalue weighted by Gasteiger charge is 2.34. The molecule has 218 valence electrons. The topological polar surface area (TPSA) is 114 Å². The van der Waals surface area contributed by atoms with Crippen molar-refractivity contribution < 1.29 is 26.3 Å². The number of benzene rings is 2. The van der Waals surface area contributed by atoms with Gasteiger partial charge in [0.15, 0.2) is 9.84 Å². The van der Waals surface area contributed by atoms with Crippen LogP contribution in [0.2, 0.25) is 10.0 Å². The van der Waals surface area contributed by atoms with E-state index in [1.165, 1.54) is 25.1 Å². The molecule has 2 N–H and O–H groups in total. The average molecular weight is 623 g/mol. The van der Waals surface area contributed by atoms with Gasteiger partial charge in [0.1, 0.15) is 5.75 Å². The third-order valence-corrected chi connectivity index (χ3v) is 9.35. The number of nitrogens with one attached hydrogen (secondary N) is 2. The molecule has 0 radical (unpaired) electrons. The summed E-state index contributed by atoms with van der Waals surface area (Å²) >= 11 is 12.6. The molecular formula is C25H27Cl2F3N4O5S. The standard InChI is InChI=1S/C25H27Cl2F3N4O5S/c1-3-40(37,38)20-7-6-15(26)9-14(20)11-34-23(35)17-10-19(39-25(28,29)30)18(21(27)22(17)32-24(34)36)13-33-8-4-5-16(12-33)31-2/h6-7,9-10,16,31H,3-5,8,11-13H2,1-2H3,(H,32,36)/t16-/m0/s1. The van der Waals surface area contributed by atoms with E-state index in [4.69, 9.17) is 23.2 Å². The highest BCUT2D eigenvalue weighted by Crippen LogP contribution is 2.36. The van der Waals surface area contributed by atoms with Crippen LogP contribution in [0, 0.1) is 0 Å². The first kappa shape index (κ1) is 30.4. The summed E-state index contributed by atoms with van der Waals surface area (Å²) in [4.78, 5) is 30.8. The number of sulfone groups is 1. The van der Waals surface area contributed by atoms with Gasteiger partial charge >= 0.3 is 12.1 Å². The smallest absolute Gasteiger partial charge is 0.405 e. The number of likely N-dealkylation sites (tertiary alicyclic amines) is 1. The molecule has 0 saturated carbocycles. The molecule has 1 aliphatic rings. The Morgan fingerprint density at radius 2 is 1.90 bits per heavy atom. The Morgan fingerprint density at radius 3 is 2.55 bits per heavy atom. The fraction of sp³-hybridized carbons (Fsp3) is 0.440. The summed E-state index contributed by atoms with van der Waals surface area (Å²) in [6, 6.07) is 4.99. The van der Waals surface area contributed by atoms with Crippen LogP contribution in [0.4, 0.5) is 13.2 Å². The summed E-state index contributed by atoms with van der Waals surface area (Å²) in [7, 11) is -1.95. The molecule has 3 aromatic rings. The molecular weight excluding hydrogens is 596 g/mol. The van der Waals surface area contributed by atoms with E-state index in [1.807, 2.05) is 4.90 Å². The molecule has 1 aromatic heterocycles. The number of alkyl halides is 3. The zero-order chi connectivity index (χ0) is 29.4. The molecule has 1 saturated heterocycles. The van der Waals surface area contributed by atoms with E-state index in [9.17, 15) is 31.2 Å². The molecule has 0 unspecified atom stereocenters. The second-order valence-electron chi connectivity index (χ2n) is 9.48. The van der Waals surface area contributed by atoms with E-state index >= 15 is 0 Å². The number of nitrogens with zero attached hydrogens (tertiary/aromatic N) is 2. The van der Waals surface area contributed by atoms with E-state index < -0.39 is 39.7 Å². The van der Waals surface area contributed by atoms with Gasteiger partial charge in [0.2, 0.25) is 0 Å². The SMILES string of the molecule is CCS(=O)(=O)c1ccc(Cl)cc1Cn1c(=O)[nH]c2c(Cl)c(CN3CCC[C@H](NC)C3)c(OC(F)(F)F)cc2c1=O. The van der Waals surface area contributed by atoms with Crippen LogP contribution in [0.3, 0.4) is 0 Å². The highest BCUT2D eigenvalue weighted by molar-refractivity contribution is 7.91. The Balaban J connectivity index is 1.87. The number of H-pyrrole nitrogens is 1. The van der Waals surface area contributed by atoms with Gasteiger partial charge < -0.3 is 15.0 Å². The van der Waals surface area contributed by atoms with Gasteiger partial charge in [-0.15, -0.1) is 13.2 Å². The van der Waals surface area contributed by atoms with Crippen LogP contribution < -0.4 is 21.3 Å². The highest BCUT2D eigenvalue weighted by atomic mass is 35.5. The number of aromatic nitrogens is 2. The van der Waals surface area contributed by atoms with Gasteiger partial charge in [-0.1, -0.05) is 30.1 Å². The van der Waals surface area contributed by atoms with Crippen molar-refractivity contribution in [3.05, 3.63) is 66.3 Å². The van der Waals surface area contributed by atoms with Crippen molar-refractivity contribution in [2.45, 2.75) is 50.2 Å². The Kier molecular flexibility index (Phi) is 8.91. The molecule has 9 nitrogen and oxygen atoms in total. The van der Waals surface area contributed by atoms with E-state index in [1.54, 1.807) is 7.05 Å². The van der Waals surface area contributed by atoms with Crippen LogP contribution >= 0.6 is 23.2 Å². The Morgan fingerprint density at radius 1 is 1.18 bits per heavy atom. The monoisotopic (exact) mass is 622 g/mol. The van der Waals surface area contributed by atoms with Gasteiger partial charge in [-0.3, -0.25) is 14.3 Å². The van der Waals surface area contributed by atoms with Crippen LogP contribution in [0.15, 0.2) is 38.8 Å². The molecule has 2 aromatic carbocycles. The van der Waals surface area contributed by atoms with E-state index in [0.717, 1.165) is 18.9 Å². The molecule has 0 amide bonds. The minimum atomic E-state index is -5.08. The fourth-order valence-electron chi connectivity index (χ4n) is 4.84. The third-order valence-electron chi connectivity index (χ3n) is 6.87. The number of rotatable bonds is 8. The molecule has 0 spiro atoms. The van der Waals surface area contributed by atoms with E-state index in [2.05, 4.69) is 15.0 Å². The lowest BCUT2D eigenvalue weighted by Gasteiger charge is -2.33. The predicted molar refractivity (Wildman–Crippen MR) is 146 cm³/mol. The van der Waals surface area contributed by atoms with Gasteiger partial charge in [-0.25, -0.2) is 13.2 Å². The number of hydrogen-bond acceptors (Lipinski definition) is 7. The lowest BCUT2D eigenvalue weighted by Crippen LogP contribution is -2.44. The maximum Gasteiger partial charge on any atom is 0.573 e. The number of hydrogen-bond donors (Lipinski definition) is 2. The van der Waals surface area contributed by atoms with Crippen molar-refractivity contribution in [1.82, 2.24) is 19.8 Å². The van der Waals surface area contributed by atoms with Crippen molar-refractivity contribution in [2.24, 2.45) is 0 Å². The lowest BCUT2D eigenvalue weighted by atomic mass is 10.0. The Hall–Kier alpha value is -2.58. The van der Waals surface area contributed by atoms with Crippen LogP contribution in [0.1, 0.15) is 30.9 Å². The largest absolute Gasteiger partial charge is 0.573 e. The quantitative estimate of drug-likeness (QED) is 0.391. The molecule has 1 aliphatic heterocycles. The first-order valence-corrected chi connectivity index (χ1v) is 14.8. The van der Waals surface area contributed by atoms with E-state index in [0.29, 0.717) is 17.7 Å². The molecule has 1 fully saturated rings. The van der Waals surface area contributed by atoms with Gasteiger partial charge in [-0.05, 0) is 56.3 Å². The van der Waals surface area contributed by atoms with Gasteiger partial charge in [0.05, 0.1) is 33.1 Å². The van der Waals surface area contributed by atoms with Crippen LogP contribution in [-0.4, -0.2) is 61.2 Å². The normalized spacial score (nSPS) is 16.9. The van der Waals surface area contributed by atoms with Crippen LogP contribution in [0.5, 0.6) is 5.75 Å². The molecule has 1 atom stereocenters. The number of piperidine rings is 1. The fourth-order valence-corrected chi connectivity index (χ4v) is 6.44. The van der Waals surface area contributed by atoms with Crippen molar-refractivity contribution in [1.29, 1.82) is 0 Å². The molecule has 40 heavy (non-hydrogen) atoms. The second-order valence-corrected chi connectivity index (χ2v) is 12.5. The zero-order valence-corrected chi connectivity index (χ0v) is 23.9. The number of halogens is 5. The zero-order valence-electron chi connectivity index (χ0n) is 21.6. The van der Waals surface area contributed by atoms with Gasteiger partial charge in [0.25, 0.3) is 5.56 Å². The molecule has 15 heteroatoms. The van der Waals surface area contributed by atoms with Crippen molar-refractivity contribution >= 4 is 43.9 Å². The van der Waals surface area contributed by atoms with Crippen LogP contribution in [-0.2, 0) is 22.9 Å². The minimum absolute atomic E-state index is 0.00969. The summed E-state index contributed by atoms with van der Waals surface area (Å²) in [6.07, 6.45) is -3.36. The molecule has 2 heterocycles. The summed E-state index contributed by atoms with van der Waals surface area (Å²) in [5, 5.41) is 2.74. The first-order chi connectivity index (χ1) is 18.7. The van der Waals surface area contributed by atoms with Gasteiger partial charge in [-0.2, -0.15) is 0 Å². The second kappa shape index (κ2) is 11.7. The number of likely N-dealkylation sites (N-methyl/N-ethyl adjacent to an activating group) is 1.